The number of hydrogen-bond acceptors (Lipinski definition) is 5. The van der Waals surface area contributed by atoms with E-state index < -0.39 is 0 Å². The zero-order chi connectivity index (χ0) is 17.4. The topological polar surface area (TPSA) is 72.5 Å². The van der Waals surface area contributed by atoms with Crippen LogP contribution in [0.1, 0.15) is 6.42 Å². The number of rotatable bonds is 5. The van der Waals surface area contributed by atoms with E-state index in [0.717, 1.165) is 25.0 Å². The first kappa shape index (κ1) is 15.9. The summed E-state index contributed by atoms with van der Waals surface area (Å²) in [5, 5.41) is 9.60. The first-order chi connectivity index (χ1) is 12.2. The lowest BCUT2D eigenvalue weighted by molar-refractivity contribution is -0.131. The molecule has 0 spiro atoms. The Morgan fingerprint density at radius 3 is 2.80 bits per heavy atom. The number of amides is 1. The molecule has 0 radical (unpaired) electrons. The molecule has 1 saturated heterocycles. The molecule has 1 fully saturated rings. The summed E-state index contributed by atoms with van der Waals surface area (Å²) in [5.41, 5.74) is 0.621. The number of carbonyl (C=O) groups is 1. The summed E-state index contributed by atoms with van der Waals surface area (Å²) >= 11 is 1.35. The standard InChI is InChI=1S/C17H17N5O2S/c1-2-8-21-15(24)12-6-3-4-7-13(12)22-16(21)18-19-17(22)25-11-14(23)20-9-5-10-20/h2-4,6-7H,1,5,8-11H2. The molecule has 8 heteroatoms. The predicted molar refractivity (Wildman–Crippen MR) is 96.9 cm³/mol. The Bertz CT molecular complexity index is 1030. The van der Waals surface area contributed by atoms with E-state index in [1.807, 2.05) is 27.5 Å². The van der Waals surface area contributed by atoms with Gasteiger partial charge in [0.15, 0.2) is 5.16 Å². The molecule has 2 aromatic heterocycles. The van der Waals surface area contributed by atoms with Gasteiger partial charge in [-0.15, -0.1) is 16.8 Å². The number of para-hydroxylation sites is 1. The molecule has 0 saturated carbocycles. The highest BCUT2D eigenvalue weighted by molar-refractivity contribution is 7.99. The van der Waals surface area contributed by atoms with E-state index in [2.05, 4.69) is 16.8 Å². The third-order valence-corrected chi connectivity index (χ3v) is 5.24. The van der Waals surface area contributed by atoms with Crippen molar-refractivity contribution >= 4 is 34.3 Å². The van der Waals surface area contributed by atoms with Gasteiger partial charge < -0.3 is 4.90 Å². The van der Waals surface area contributed by atoms with E-state index in [1.54, 1.807) is 16.7 Å². The molecule has 7 nitrogen and oxygen atoms in total. The SMILES string of the molecule is C=CCn1c(=O)c2ccccc2n2c(SCC(=O)N3CCC3)nnc12. The van der Waals surface area contributed by atoms with Crippen LogP contribution < -0.4 is 5.56 Å². The van der Waals surface area contributed by atoms with Gasteiger partial charge in [-0.2, -0.15) is 0 Å². The molecule has 4 rings (SSSR count). The second kappa shape index (κ2) is 6.36. The average Bonchev–Trinajstić information content (AvgIpc) is 2.99. The van der Waals surface area contributed by atoms with Crippen molar-refractivity contribution < 1.29 is 4.79 Å². The highest BCUT2D eigenvalue weighted by Crippen LogP contribution is 2.22. The van der Waals surface area contributed by atoms with Crippen LogP contribution in [0.25, 0.3) is 16.7 Å². The van der Waals surface area contributed by atoms with Crippen molar-refractivity contribution in [1.29, 1.82) is 0 Å². The van der Waals surface area contributed by atoms with Crippen molar-refractivity contribution in [2.75, 3.05) is 18.8 Å². The van der Waals surface area contributed by atoms with Crippen LogP contribution in [0.4, 0.5) is 0 Å². The van der Waals surface area contributed by atoms with E-state index in [4.69, 9.17) is 0 Å². The van der Waals surface area contributed by atoms with Gasteiger partial charge in [0.1, 0.15) is 0 Å². The van der Waals surface area contributed by atoms with Crippen LogP contribution in [0.5, 0.6) is 0 Å². The number of aromatic nitrogens is 4. The number of carbonyl (C=O) groups excluding carboxylic acids is 1. The first-order valence-electron chi connectivity index (χ1n) is 8.09. The van der Waals surface area contributed by atoms with Gasteiger partial charge in [-0.25, -0.2) is 0 Å². The quantitative estimate of drug-likeness (QED) is 0.513. The second-order valence-corrected chi connectivity index (χ2v) is 6.81. The maximum atomic E-state index is 12.7. The molecule has 0 unspecified atom stereocenters. The summed E-state index contributed by atoms with van der Waals surface area (Å²) in [7, 11) is 0. The third kappa shape index (κ3) is 2.62. The number of thioether (sulfide) groups is 1. The van der Waals surface area contributed by atoms with Gasteiger partial charge in [-0.1, -0.05) is 30.0 Å². The van der Waals surface area contributed by atoms with E-state index in [9.17, 15) is 9.59 Å². The molecule has 1 aliphatic rings. The fourth-order valence-corrected chi connectivity index (χ4v) is 3.75. The summed E-state index contributed by atoms with van der Waals surface area (Å²) in [6.07, 6.45) is 2.73. The van der Waals surface area contributed by atoms with Crippen molar-refractivity contribution in [3.63, 3.8) is 0 Å². The fourth-order valence-electron chi connectivity index (χ4n) is 2.90. The smallest absolute Gasteiger partial charge is 0.263 e. The Kier molecular flexibility index (Phi) is 4.04. The largest absolute Gasteiger partial charge is 0.342 e. The molecule has 3 heterocycles. The van der Waals surface area contributed by atoms with E-state index in [0.29, 0.717) is 28.6 Å². The lowest BCUT2D eigenvalue weighted by Gasteiger charge is -2.30. The molecule has 3 aromatic rings. The Morgan fingerprint density at radius 1 is 1.28 bits per heavy atom. The number of benzene rings is 1. The lowest BCUT2D eigenvalue weighted by Crippen LogP contribution is -2.43. The fraction of sp³-hybridized carbons (Fsp3) is 0.294. The van der Waals surface area contributed by atoms with Gasteiger partial charge in [-0.05, 0) is 18.6 Å². The molecule has 25 heavy (non-hydrogen) atoms. The van der Waals surface area contributed by atoms with Crippen molar-refractivity contribution in [3.05, 3.63) is 47.3 Å². The van der Waals surface area contributed by atoms with E-state index >= 15 is 0 Å². The summed E-state index contributed by atoms with van der Waals surface area (Å²) in [4.78, 5) is 26.7. The minimum atomic E-state index is -0.122. The Morgan fingerprint density at radius 2 is 2.08 bits per heavy atom. The van der Waals surface area contributed by atoms with E-state index in [-0.39, 0.29) is 11.5 Å². The monoisotopic (exact) mass is 355 g/mol. The van der Waals surface area contributed by atoms with Crippen LogP contribution in [0.3, 0.4) is 0 Å². The highest BCUT2D eigenvalue weighted by atomic mass is 32.2. The van der Waals surface area contributed by atoms with Crippen LogP contribution >= 0.6 is 11.8 Å². The summed E-state index contributed by atoms with van der Waals surface area (Å²) in [6.45, 7) is 5.73. The maximum absolute atomic E-state index is 12.7. The van der Waals surface area contributed by atoms with Crippen LogP contribution in [-0.2, 0) is 11.3 Å². The van der Waals surface area contributed by atoms with Crippen LogP contribution in [0.15, 0.2) is 46.9 Å². The van der Waals surface area contributed by atoms with Gasteiger partial charge in [0.25, 0.3) is 5.56 Å². The van der Waals surface area contributed by atoms with Gasteiger partial charge in [-0.3, -0.25) is 18.6 Å². The van der Waals surface area contributed by atoms with Crippen molar-refractivity contribution in [2.45, 2.75) is 18.1 Å². The van der Waals surface area contributed by atoms with E-state index in [1.165, 1.54) is 11.8 Å². The highest BCUT2D eigenvalue weighted by Gasteiger charge is 2.22. The van der Waals surface area contributed by atoms with Crippen LogP contribution in [0.2, 0.25) is 0 Å². The minimum absolute atomic E-state index is 0.108. The number of likely N-dealkylation sites (tertiary alicyclic amines) is 1. The van der Waals surface area contributed by atoms with Gasteiger partial charge >= 0.3 is 0 Å². The number of fused-ring (bicyclic) bond motifs is 3. The van der Waals surface area contributed by atoms with Gasteiger partial charge in [0.2, 0.25) is 11.7 Å². The molecule has 0 aliphatic carbocycles. The first-order valence-corrected chi connectivity index (χ1v) is 9.07. The van der Waals surface area contributed by atoms with Crippen molar-refractivity contribution in [3.8, 4) is 0 Å². The number of hydrogen-bond donors (Lipinski definition) is 0. The third-order valence-electron chi connectivity index (χ3n) is 4.32. The average molecular weight is 355 g/mol. The van der Waals surface area contributed by atoms with Crippen LogP contribution in [-0.4, -0.2) is 48.8 Å². The summed E-state index contributed by atoms with van der Waals surface area (Å²) in [6, 6.07) is 7.36. The zero-order valence-corrected chi connectivity index (χ0v) is 14.4. The minimum Gasteiger partial charge on any atom is -0.342 e. The molecule has 1 aromatic carbocycles. The molecule has 1 amide bonds. The molecule has 1 aliphatic heterocycles. The summed E-state index contributed by atoms with van der Waals surface area (Å²) < 4.78 is 3.39. The molecule has 0 atom stereocenters. The predicted octanol–water partition coefficient (Wildman–Crippen LogP) is 1.55. The number of nitrogens with zero attached hydrogens (tertiary/aromatic N) is 5. The number of allylic oxidation sites excluding steroid dienone is 1. The van der Waals surface area contributed by atoms with Gasteiger partial charge in [0.05, 0.1) is 16.7 Å². The molecule has 128 valence electrons. The van der Waals surface area contributed by atoms with Crippen LogP contribution in [0, 0.1) is 0 Å². The molecular weight excluding hydrogens is 338 g/mol. The maximum Gasteiger partial charge on any atom is 0.263 e. The zero-order valence-electron chi connectivity index (χ0n) is 13.6. The Balaban J connectivity index is 1.81. The molecule has 0 bridgehead atoms. The molecular formula is C17H17N5O2S. The van der Waals surface area contributed by atoms with Crippen molar-refractivity contribution in [2.24, 2.45) is 0 Å². The lowest BCUT2D eigenvalue weighted by atomic mass is 10.2. The molecule has 0 N–H and O–H groups in total. The normalized spacial score (nSPS) is 14.0. The van der Waals surface area contributed by atoms with Crippen molar-refractivity contribution in [1.82, 2.24) is 24.1 Å². The Labute approximate surface area is 147 Å². The Hall–Kier alpha value is -2.61. The van der Waals surface area contributed by atoms with Gasteiger partial charge in [0, 0.05) is 19.6 Å². The second-order valence-electron chi connectivity index (χ2n) is 5.86. The summed E-state index contributed by atoms with van der Waals surface area (Å²) in [5.74, 6) is 0.884.